The molecule has 70 valence electrons. The zero-order valence-corrected chi connectivity index (χ0v) is 7.19. The molecule has 0 aliphatic carbocycles. The molecule has 1 N–H and O–H groups in total. The second-order valence-corrected chi connectivity index (χ2v) is 3.65. The number of carbonyl (C=O) groups excluding carboxylic acids is 1. The number of benzene rings is 1. The van der Waals surface area contributed by atoms with Crippen LogP contribution in [0.2, 0.25) is 0 Å². The summed E-state index contributed by atoms with van der Waals surface area (Å²) in [4.78, 5) is 9.39. The van der Waals surface area contributed by atoms with E-state index in [1.165, 1.54) is 18.2 Å². The Morgan fingerprint density at radius 2 is 1.92 bits per heavy atom. The predicted octanol–water partition coefficient (Wildman–Crippen LogP) is 0.254. The SMILES string of the molecule is O=COS(=O)(=O)c1ccccc1O. The first-order chi connectivity index (χ1) is 6.08. The van der Waals surface area contributed by atoms with Crippen LogP contribution in [0.5, 0.6) is 5.75 Å². The summed E-state index contributed by atoms with van der Waals surface area (Å²) in [5.74, 6) is -0.454. The van der Waals surface area contributed by atoms with E-state index in [9.17, 15) is 13.2 Å². The molecule has 0 fully saturated rings. The molecule has 1 aromatic rings. The lowest BCUT2D eigenvalue weighted by Gasteiger charge is -2.01. The molecule has 0 radical (unpaired) electrons. The molecule has 0 bridgehead atoms. The van der Waals surface area contributed by atoms with Crippen molar-refractivity contribution in [1.82, 2.24) is 0 Å². The summed E-state index contributed by atoms with van der Waals surface area (Å²) in [5.41, 5.74) is 0. The molecular weight excluding hydrogens is 196 g/mol. The van der Waals surface area contributed by atoms with Crippen molar-refractivity contribution in [3.05, 3.63) is 24.3 Å². The summed E-state index contributed by atoms with van der Waals surface area (Å²) >= 11 is 0. The van der Waals surface area contributed by atoms with Crippen molar-refractivity contribution in [3.63, 3.8) is 0 Å². The number of phenols is 1. The Bertz CT molecular complexity index is 409. The van der Waals surface area contributed by atoms with Gasteiger partial charge >= 0.3 is 16.6 Å². The standard InChI is InChI=1S/C7H6O5S/c8-5-12-13(10,11)7-4-2-1-3-6(7)9/h1-5,9H. The van der Waals surface area contributed by atoms with E-state index < -0.39 is 20.8 Å². The number of rotatable bonds is 3. The second-order valence-electron chi connectivity index (χ2n) is 2.11. The molecule has 1 rings (SSSR count). The third kappa shape index (κ3) is 1.97. The molecule has 0 amide bonds. The highest BCUT2D eigenvalue weighted by molar-refractivity contribution is 7.87. The van der Waals surface area contributed by atoms with Gasteiger partial charge in [0.2, 0.25) is 0 Å². The first kappa shape index (κ1) is 9.53. The summed E-state index contributed by atoms with van der Waals surface area (Å²) in [6.07, 6.45) is 0. The third-order valence-electron chi connectivity index (χ3n) is 1.30. The first-order valence-electron chi connectivity index (χ1n) is 3.23. The summed E-state index contributed by atoms with van der Waals surface area (Å²) in [6, 6.07) is 5.17. The van der Waals surface area contributed by atoms with Gasteiger partial charge in [0.15, 0.2) is 0 Å². The minimum Gasteiger partial charge on any atom is -0.506 e. The highest BCUT2D eigenvalue weighted by Gasteiger charge is 2.18. The van der Waals surface area contributed by atoms with Crippen LogP contribution in [-0.2, 0) is 19.1 Å². The fourth-order valence-corrected chi connectivity index (χ4v) is 1.55. The maximum atomic E-state index is 11.0. The zero-order chi connectivity index (χ0) is 9.90. The molecule has 0 heterocycles. The lowest BCUT2D eigenvalue weighted by Crippen LogP contribution is -2.04. The Hall–Kier alpha value is -1.56. The van der Waals surface area contributed by atoms with E-state index in [0.717, 1.165) is 6.07 Å². The smallest absolute Gasteiger partial charge is 0.345 e. The van der Waals surface area contributed by atoms with Gasteiger partial charge in [-0.3, -0.25) is 4.79 Å². The van der Waals surface area contributed by atoms with Crippen LogP contribution in [-0.4, -0.2) is 20.0 Å². The Kier molecular flexibility index (Phi) is 2.52. The van der Waals surface area contributed by atoms with E-state index in [0.29, 0.717) is 0 Å². The average molecular weight is 202 g/mol. The fraction of sp³-hybridized carbons (Fsp3) is 0. The summed E-state index contributed by atoms with van der Waals surface area (Å²) in [5, 5.41) is 9.10. The van der Waals surface area contributed by atoms with Gasteiger partial charge in [-0.15, -0.1) is 0 Å². The van der Waals surface area contributed by atoms with E-state index in [1.54, 1.807) is 0 Å². The molecule has 0 aromatic heterocycles. The van der Waals surface area contributed by atoms with Crippen molar-refractivity contribution in [2.24, 2.45) is 0 Å². The van der Waals surface area contributed by atoms with Crippen LogP contribution >= 0.6 is 0 Å². The molecule has 13 heavy (non-hydrogen) atoms. The van der Waals surface area contributed by atoms with Gasteiger partial charge in [0, 0.05) is 0 Å². The van der Waals surface area contributed by atoms with Crippen molar-refractivity contribution in [2.75, 3.05) is 0 Å². The summed E-state index contributed by atoms with van der Waals surface area (Å²) in [6.45, 7) is -0.207. The van der Waals surface area contributed by atoms with Crippen LogP contribution < -0.4 is 0 Å². The fourth-order valence-electron chi connectivity index (χ4n) is 0.772. The van der Waals surface area contributed by atoms with Gasteiger partial charge in [0.1, 0.15) is 10.6 Å². The van der Waals surface area contributed by atoms with Crippen LogP contribution in [0.4, 0.5) is 0 Å². The number of aromatic hydroxyl groups is 1. The van der Waals surface area contributed by atoms with Gasteiger partial charge in [0.05, 0.1) is 0 Å². The average Bonchev–Trinajstić information content (AvgIpc) is 2.04. The van der Waals surface area contributed by atoms with Crippen molar-refractivity contribution >= 4 is 16.6 Å². The Morgan fingerprint density at radius 3 is 2.46 bits per heavy atom. The number of hydrogen-bond donors (Lipinski definition) is 1. The Balaban J connectivity index is 3.22. The van der Waals surface area contributed by atoms with Crippen LogP contribution in [0.3, 0.4) is 0 Å². The minimum absolute atomic E-state index is 0.207. The number of carbonyl (C=O) groups is 1. The summed E-state index contributed by atoms with van der Waals surface area (Å²) < 4.78 is 25.9. The van der Waals surface area contributed by atoms with Gasteiger partial charge in [0.25, 0.3) is 0 Å². The topological polar surface area (TPSA) is 80.7 Å². The van der Waals surface area contributed by atoms with E-state index in [-0.39, 0.29) is 6.47 Å². The van der Waals surface area contributed by atoms with Gasteiger partial charge < -0.3 is 9.29 Å². The molecule has 6 heteroatoms. The van der Waals surface area contributed by atoms with Crippen LogP contribution in [0.15, 0.2) is 29.2 Å². The van der Waals surface area contributed by atoms with E-state index in [1.807, 2.05) is 0 Å². The monoisotopic (exact) mass is 202 g/mol. The molecular formula is C7H6O5S. The largest absolute Gasteiger partial charge is 0.506 e. The zero-order valence-electron chi connectivity index (χ0n) is 6.38. The molecule has 0 aliphatic heterocycles. The molecule has 0 saturated carbocycles. The van der Waals surface area contributed by atoms with Crippen molar-refractivity contribution in [1.29, 1.82) is 0 Å². The van der Waals surface area contributed by atoms with Gasteiger partial charge in [-0.2, -0.15) is 8.42 Å². The van der Waals surface area contributed by atoms with Crippen LogP contribution in [0.1, 0.15) is 0 Å². The highest BCUT2D eigenvalue weighted by atomic mass is 32.2. The first-order valence-corrected chi connectivity index (χ1v) is 4.63. The maximum Gasteiger partial charge on any atom is 0.345 e. The van der Waals surface area contributed by atoms with Crippen molar-refractivity contribution in [3.8, 4) is 5.75 Å². The van der Waals surface area contributed by atoms with Gasteiger partial charge in [-0.05, 0) is 12.1 Å². The molecule has 0 saturated heterocycles. The lowest BCUT2D eigenvalue weighted by atomic mass is 10.3. The van der Waals surface area contributed by atoms with Crippen LogP contribution in [0, 0.1) is 0 Å². The van der Waals surface area contributed by atoms with Crippen LogP contribution in [0.25, 0.3) is 0 Å². The molecule has 0 spiro atoms. The third-order valence-corrected chi connectivity index (χ3v) is 2.52. The lowest BCUT2D eigenvalue weighted by molar-refractivity contribution is -0.120. The van der Waals surface area contributed by atoms with Gasteiger partial charge in [-0.1, -0.05) is 12.1 Å². The van der Waals surface area contributed by atoms with E-state index >= 15 is 0 Å². The van der Waals surface area contributed by atoms with E-state index in [4.69, 9.17) is 5.11 Å². The maximum absolute atomic E-state index is 11.0. The molecule has 0 atom stereocenters. The normalized spacial score (nSPS) is 10.8. The Labute approximate surface area is 74.7 Å². The molecule has 0 aliphatic rings. The predicted molar refractivity (Wildman–Crippen MR) is 42.4 cm³/mol. The number of para-hydroxylation sites is 1. The van der Waals surface area contributed by atoms with Gasteiger partial charge in [-0.25, -0.2) is 0 Å². The Morgan fingerprint density at radius 1 is 1.31 bits per heavy atom. The number of hydrogen-bond acceptors (Lipinski definition) is 5. The van der Waals surface area contributed by atoms with Crippen molar-refractivity contribution in [2.45, 2.75) is 4.90 Å². The minimum atomic E-state index is -4.16. The summed E-state index contributed by atoms with van der Waals surface area (Å²) in [7, 11) is -4.16. The molecule has 0 unspecified atom stereocenters. The quantitative estimate of drug-likeness (QED) is 0.561. The molecule has 1 aromatic carbocycles. The van der Waals surface area contributed by atoms with Crippen molar-refractivity contribution < 1.29 is 22.5 Å². The second kappa shape index (κ2) is 3.44. The number of phenolic OH excluding ortho intramolecular Hbond substituents is 1. The molecule has 5 nitrogen and oxygen atoms in total. The van der Waals surface area contributed by atoms with E-state index in [2.05, 4.69) is 4.18 Å². The highest BCUT2D eigenvalue weighted by Crippen LogP contribution is 2.22.